The Morgan fingerprint density at radius 2 is 1.96 bits per heavy atom. The molecular formula is C20H21FN2O3. The number of benzene rings is 2. The number of rotatable bonds is 6. The first kappa shape index (κ1) is 17.9. The van der Waals surface area contributed by atoms with Crippen LogP contribution in [0, 0.1) is 5.82 Å². The van der Waals surface area contributed by atoms with Crippen molar-refractivity contribution in [1.82, 2.24) is 0 Å². The van der Waals surface area contributed by atoms with Gasteiger partial charge in [-0.3, -0.25) is 9.59 Å². The number of amides is 2. The van der Waals surface area contributed by atoms with Gasteiger partial charge in [-0.1, -0.05) is 6.92 Å². The largest absolute Gasteiger partial charge is 0.484 e. The second kappa shape index (κ2) is 7.99. The zero-order chi connectivity index (χ0) is 18.5. The number of nitrogens with one attached hydrogen (secondary N) is 1. The summed E-state index contributed by atoms with van der Waals surface area (Å²) in [5.41, 5.74) is 2.64. The number of carbonyl (C=O) groups is 2. The molecule has 1 heterocycles. The fraction of sp³-hybridized carbons (Fsp3) is 0.300. The molecule has 26 heavy (non-hydrogen) atoms. The van der Waals surface area contributed by atoms with Gasteiger partial charge in [0.05, 0.1) is 0 Å². The SMILES string of the molecule is CCCN1C(=O)CCc2cc(NC(=O)COc3ccc(F)cc3)ccc21. The van der Waals surface area contributed by atoms with Crippen LogP contribution in [0.2, 0.25) is 0 Å². The minimum Gasteiger partial charge on any atom is -0.484 e. The first-order valence-corrected chi connectivity index (χ1v) is 8.68. The average Bonchev–Trinajstić information content (AvgIpc) is 2.64. The lowest BCUT2D eigenvalue weighted by atomic mass is 10.00. The van der Waals surface area contributed by atoms with Crippen LogP contribution in [0.5, 0.6) is 5.75 Å². The Morgan fingerprint density at radius 3 is 2.69 bits per heavy atom. The predicted octanol–water partition coefficient (Wildman–Crippen LogP) is 3.53. The summed E-state index contributed by atoms with van der Waals surface area (Å²) in [5, 5.41) is 2.79. The van der Waals surface area contributed by atoms with Gasteiger partial charge in [0.15, 0.2) is 6.61 Å². The molecule has 0 atom stereocenters. The molecule has 0 aromatic heterocycles. The number of fused-ring (bicyclic) bond motifs is 1. The molecule has 2 amide bonds. The number of aryl methyl sites for hydroxylation is 1. The van der Waals surface area contributed by atoms with E-state index in [9.17, 15) is 14.0 Å². The van der Waals surface area contributed by atoms with Gasteiger partial charge in [-0.2, -0.15) is 0 Å². The Bertz CT molecular complexity index is 805. The summed E-state index contributed by atoms with van der Waals surface area (Å²) in [7, 11) is 0. The molecule has 0 radical (unpaired) electrons. The van der Waals surface area contributed by atoms with E-state index in [1.165, 1.54) is 24.3 Å². The van der Waals surface area contributed by atoms with Crippen molar-refractivity contribution in [2.75, 3.05) is 23.4 Å². The Morgan fingerprint density at radius 1 is 1.19 bits per heavy atom. The van der Waals surface area contributed by atoms with Gasteiger partial charge in [0.25, 0.3) is 5.91 Å². The van der Waals surface area contributed by atoms with Crippen LogP contribution in [-0.2, 0) is 16.0 Å². The molecule has 0 unspecified atom stereocenters. The van der Waals surface area contributed by atoms with Crippen molar-refractivity contribution in [1.29, 1.82) is 0 Å². The zero-order valence-corrected chi connectivity index (χ0v) is 14.6. The topological polar surface area (TPSA) is 58.6 Å². The maximum absolute atomic E-state index is 12.9. The van der Waals surface area contributed by atoms with Gasteiger partial charge in [0, 0.05) is 24.3 Å². The van der Waals surface area contributed by atoms with Crippen molar-refractivity contribution >= 4 is 23.2 Å². The normalized spacial score (nSPS) is 13.3. The lowest BCUT2D eigenvalue weighted by molar-refractivity contribution is -0.119. The van der Waals surface area contributed by atoms with Crippen molar-refractivity contribution in [3.05, 3.63) is 53.8 Å². The highest BCUT2D eigenvalue weighted by Gasteiger charge is 2.23. The van der Waals surface area contributed by atoms with Crippen molar-refractivity contribution in [3.8, 4) is 5.75 Å². The van der Waals surface area contributed by atoms with Gasteiger partial charge in [0.1, 0.15) is 11.6 Å². The third-order valence-corrected chi connectivity index (χ3v) is 4.19. The summed E-state index contributed by atoms with van der Waals surface area (Å²) in [6.07, 6.45) is 2.05. The third-order valence-electron chi connectivity index (χ3n) is 4.19. The predicted molar refractivity (Wildman–Crippen MR) is 97.9 cm³/mol. The summed E-state index contributed by atoms with van der Waals surface area (Å²) in [6, 6.07) is 11.1. The molecule has 1 aliphatic rings. The Labute approximate surface area is 151 Å². The van der Waals surface area contributed by atoms with Crippen LogP contribution in [0.3, 0.4) is 0 Å². The van der Waals surface area contributed by atoms with Gasteiger partial charge in [-0.05, 0) is 60.9 Å². The van der Waals surface area contributed by atoms with E-state index in [-0.39, 0.29) is 24.2 Å². The molecule has 0 saturated heterocycles. The highest BCUT2D eigenvalue weighted by molar-refractivity contribution is 5.97. The number of carbonyl (C=O) groups excluding carboxylic acids is 2. The first-order valence-electron chi connectivity index (χ1n) is 8.68. The second-order valence-corrected chi connectivity index (χ2v) is 6.18. The maximum atomic E-state index is 12.9. The molecule has 0 saturated carbocycles. The van der Waals surface area contributed by atoms with Crippen LogP contribution in [-0.4, -0.2) is 25.0 Å². The van der Waals surface area contributed by atoms with Crippen molar-refractivity contribution in [3.63, 3.8) is 0 Å². The molecule has 5 nitrogen and oxygen atoms in total. The van der Waals surface area contributed by atoms with E-state index in [0.717, 1.165) is 17.7 Å². The van der Waals surface area contributed by atoms with E-state index in [2.05, 4.69) is 5.32 Å². The van der Waals surface area contributed by atoms with E-state index >= 15 is 0 Å². The van der Waals surface area contributed by atoms with Crippen molar-refractivity contribution in [2.45, 2.75) is 26.2 Å². The molecule has 1 N–H and O–H groups in total. The van der Waals surface area contributed by atoms with E-state index in [1.54, 1.807) is 6.07 Å². The lowest BCUT2D eigenvalue weighted by Gasteiger charge is -2.29. The minimum atomic E-state index is -0.355. The number of hydrogen-bond donors (Lipinski definition) is 1. The van der Waals surface area contributed by atoms with E-state index in [4.69, 9.17) is 4.74 Å². The van der Waals surface area contributed by atoms with Gasteiger partial charge in [-0.15, -0.1) is 0 Å². The van der Waals surface area contributed by atoms with Crippen LogP contribution in [0.1, 0.15) is 25.3 Å². The fourth-order valence-corrected chi connectivity index (χ4v) is 2.98. The summed E-state index contributed by atoms with van der Waals surface area (Å²) in [4.78, 5) is 25.9. The van der Waals surface area contributed by atoms with Crippen molar-refractivity contribution in [2.24, 2.45) is 0 Å². The van der Waals surface area contributed by atoms with Gasteiger partial charge < -0.3 is 15.0 Å². The highest BCUT2D eigenvalue weighted by atomic mass is 19.1. The minimum absolute atomic E-state index is 0.142. The fourth-order valence-electron chi connectivity index (χ4n) is 2.98. The van der Waals surface area contributed by atoms with Crippen LogP contribution in [0.4, 0.5) is 15.8 Å². The monoisotopic (exact) mass is 356 g/mol. The number of hydrogen-bond acceptors (Lipinski definition) is 3. The van der Waals surface area contributed by atoms with E-state index < -0.39 is 0 Å². The molecule has 0 spiro atoms. The second-order valence-electron chi connectivity index (χ2n) is 6.18. The molecule has 1 aliphatic heterocycles. The summed E-state index contributed by atoms with van der Waals surface area (Å²) >= 11 is 0. The van der Waals surface area contributed by atoms with Crippen molar-refractivity contribution < 1.29 is 18.7 Å². The van der Waals surface area contributed by atoms with E-state index in [1.807, 2.05) is 24.0 Å². The van der Waals surface area contributed by atoms with Crippen LogP contribution < -0.4 is 15.0 Å². The van der Waals surface area contributed by atoms with Crippen LogP contribution in [0.15, 0.2) is 42.5 Å². The first-order chi connectivity index (χ1) is 12.6. The standard InChI is InChI=1S/C20H21FN2O3/c1-2-11-23-18-9-6-16(12-14(18)3-10-20(23)25)22-19(24)13-26-17-7-4-15(21)5-8-17/h4-9,12H,2-3,10-11,13H2,1H3,(H,22,24). The molecule has 0 fully saturated rings. The van der Waals surface area contributed by atoms with Gasteiger partial charge in [-0.25, -0.2) is 4.39 Å². The van der Waals surface area contributed by atoms with Gasteiger partial charge >= 0.3 is 0 Å². The number of nitrogens with zero attached hydrogens (tertiary/aromatic N) is 1. The Balaban J connectivity index is 1.62. The molecule has 2 aromatic rings. The zero-order valence-electron chi connectivity index (χ0n) is 14.6. The van der Waals surface area contributed by atoms with Crippen LogP contribution in [0.25, 0.3) is 0 Å². The summed E-state index contributed by atoms with van der Waals surface area (Å²) in [6.45, 7) is 2.57. The van der Waals surface area contributed by atoms with Gasteiger partial charge in [0.2, 0.25) is 5.91 Å². The van der Waals surface area contributed by atoms with E-state index in [0.29, 0.717) is 30.8 Å². The quantitative estimate of drug-likeness (QED) is 0.861. The molecule has 2 aromatic carbocycles. The molecule has 6 heteroatoms. The van der Waals surface area contributed by atoms with Crippen LogP contribution >= 0.6 is 0 Å². The highest BCUT2D eigenvalue weighted by Crippen LogP contribution is 2.30. The molecular weight excluding hydrogens is 335 g/mol. The third kappa shape index (κ3) is 4.20. The maximum Gasteiger partial charge on any atom is 0.262 e. The summed E-state index contributed by atoms with van der Waals surface area (Å²) in [5.74, 6) is -0.0809. The molecule has 136 valence electrons. The Hall–Kier alpha value is -2.89. The molecule has 0 bridgehead atoms. The molecule has 3 rings (SSSR count). The number of anilines is 2. The smallest absolute Gasteiger partial charge is 0.262 e. The lowest BCUT2D eigenvalue weighted by Crippen LogP contribution is -2.35. The number of halogens is 1. The average molecular weight is 356 g/mol. The number of ether oxygens (including phenoxy) is 1. The Kier molecular flexibility index (Phi) is 5.51. The molecule has 0 aliphatic carbocycles. The summed E-state index contributed by atoms with van der Waals surface area (Å²) < 4.78 is 18.2.